The van der Waals surface area contributed by atoms with Gasteiger partial charge in [-0.1, -0.05) is 12.1 Å². The minimum absolute atomic E-state index is 0.0183. The van der Waals surface area contributed by atoms with Crippen LogP contribution in [0.15, 0.2) is 53.4 Å². The van der Waals surface area contributed by atoms with Crippen LogP contribution in [0.25, 0.3) is 0 Å². The molecule has 10 heteroatoms. The summed E-state index contributed by atoms with van der Waals surface area (Å²) in [7, 11) is -0.803. The number of amides is 2. The molecule has 188 valence electrons. The Morgan fingerprint density at radius 1 is 1.00 bits per heavy atom. The molecule has 0 spiro atoms. The third-order valence-corrected chi connectivity index (χ3v) is 8.18. The Morgan fingerprint density at radius 2 is 1.71 bits per heavy atom. The summed E-state index contributed by atoms with van der Waals surface area (Å²) in [4.78, 5) is 29.8. The molecule has 0 unspecified atom stereocenters. The van der Waals surface area contributed by atoms with Gasteiger partial charge < -0.3 is 15.5 Å². The van der Waals surface area contributed by atoms with Gasteiger partial charge in [-0.2, -0.15) is 0 Å². The molecule has 0 bridgehead atoms. The molecule has 0 aromatic heterocycles. The fraction of sp³-hybridized carbons (Fsp3) is 0.440. The second-order valence-corrected chi connectivity index (χ2v) is 11.5. The SMILES string of the molecule is CN(C)S(=O)(=O)c1cccc(C(=O)NCC(=O)Nc2cccc(N3CCN(CC4CC4)CC3)c2)c1. The van der Waals surface area contributed by atoms with Gasteiger partial charge in [-0.25, -0.2) is 12.7 Å². The summed E-state index contributed by atoms with van der Waals surface area (Å²) in [5.41, 5.74) is 1.90. The van der Waals surface area contributed by atoms with Crippen molar-refractivity contribution in [3.05, 3.63) is 54.1 Å². The van der Waals surface area contributed by atoms with Gasteiger partial charge >= 0.3 is 0 Å². The number of hydrogen-bond donors (Lipinski definition) is 2. The van der Waals surface area contributed by atoms with E-state index in [-0.39, 0.29) is 22.9 Å². The van der Waals surface area contributed by atoms with E-state index in [1.54, 1.807) is 0 Å². The minimum atomic E-state index is -3.66. The average molecular weight is 500 g/mol. The Morgan fingerprint density at radius 3 is 2.40 bits per heavy atom. The summed E-state index contributed by atoms with van der Waals surface area (Å²) >= 11 is 0. The molecule has 1 saturated carbocycles. The van der Waals surface area contributed by atoms with Gasteiger partial charge in [0.05, 0.1) is 11.4 Å². The molecule has 1 aliphatic heterocycles. The van der Waals surface area contributed by atoms with Crippen LogP contribution in [-0.2, 0) is 14.8 Å². The standard InChI is InChI=1S/C25H33N5O4S/c1-28(2)35(33,34)23-8-3-5-20(15-23)25(32)26-17-24(31)27-21-6-4-7-22(16-21)30-13-11-29(12-14-30)18-19-9-10-19/h3-8,15-16,19H,9-14,17-18H2,1-2H3,(H,26,32)(H,27,31). The van der Waals surface area contributed by atoms with Crippen molar-refractivity contribution in [1.29, 1.82) is 0 Å². The summed E-state index contributed by atoms with van der Waals surface area (Å²) < 4.78 is 25.7. The van der Waals surface area contributed by atoms with Crippen molar-refractivity contribution in [2.24, 2.45) is 5.92 Å². The monoisotopic (exact) mass is 499 g/mol. The number of nitrogens with zero attached hydrogens (tertiary/aromatic N) is 3. The normalized spacial score (nSPS) is 16.8. The molecular formula is C25H33N5O4S. The molecule has 2 fully saturated rings. The molecule has 35 heavy (non-hydrogen) atoms. The van der Waals surface area contributed by atoms with Gasteiger partial charge in [0.25, 0.3) is 5.91 Å². The van der Waals surface area contributed by atoms with E-state index in [0.29, 0.717) is 5.69 Å². The first-order valence-corrected chi connectivity index (χ1v) is 13.3. The van der Waals surface area contributed by atoms with Crippen molar-refractivity contribution in [2.75, 3.05) is 63.6 Å². The fourth-order valence-electron chi connectivity index (χ4n) is 4.11. The molecular weight excluding hydrogens is 466 g/mol. The zero-order chi connectivity index (χ0) is 25.0. The second kappa shape index (κ2) is 10.8. The summed E-state index contributed by atoms with van der Waals surface area (Å²) in [6, 6.07) is 13.5. The van der Waals surface area contributed by atoms with Gasteiger partial charge in [-0.3, -0.25) is 14.5 Å². The first-order valence-electron chi connectivity index (χ1n) is 11.9. The number of piperazine rings is 1. The minimum Gasteiger partial charge on any atom is -0.369 e. The Kier molecular flexibility index (Phi) is 7.73. The number of rotatable bonds is 9. The van der Waals surface area contributed by atoms with Crippen LogP contribution in [0.3, 0.4) is 0 Å². The van der Waals surface area contributed by atoms with E-state index in [1.165, 1.54) is 57.7 Å². The van der Waals surface area contributed by atoms with Crippen molar-refractivity contribution in [1.82, 2.24) is 14.5 Å². The van der Waals surface area contributed by atoms with E-state index in [4.69, 9.17) is 0 Å². The van der Waals surface area contributed by atoms with Gasteiger partial charge in [-0.05, 0) is 55.2 Å². The maximum atomic E-state index is 12.5. The first kappa shape index (κ1) is 25.2. The zero-order valence-electron chi connectivity index (χ0n) is 20.2. The molecule has 2 N–H and O–H groups in total. The van der Waals surface area contributed by atoms with Crippen LogP contribution in [0.2, 0.25) is 0 Å². The summed E-state index contributed by atoms with van der Waals surface area (Å²) in [5.74, 6) is 0.0196. The smallest absolute Gasteiger partial charge is 0.251 e. The van der Waals surface area contributed by atoms with E-state index in [1.807, 2.05) is 24.3 Å². The fourth-order valence-corrected chi connectivity index (χ4v) is 5.06. The largest absolute Gasteiger partial charge is 0.369 e. The van der Waals surface area contributed by atoms with E-state index >= 15 is 0 Å². The Balaban J connectivity index is 1.29. The Labute approximate surface area is 207 Å². The number of anilines is 2. The van der Waals surface area contributed by atoms with Gasteiger partial charge in [0, 0.05) is 63.8 Å². The number of hydrogen-bond acceptors (Lipinski definition) is 6. The molecule has 1 saturated heterocycles. The molecule has 2 amide bonds. The molecule has 9 nitrogen and oxygen atoms in total. The van der Waals surface area contributed by atoms with Gasteiger partial charge in [0.2, 0.25) is 15.9 Å². The second-order valence-electron chi connectivity index (χ2n) is 9.33. The van der Waals surface area contributed by atoms with Crippen LogP contribution in [0.4, 0.5) is 11.4 Å². The zero-order valence-corrected chi connectivity index (χ0v) is 21.1. The van der Waals surface area contributed by atoms with Crippen LogP contribution in [0.1, 0.15) is 23.2 Å². The van der Waals surface area contributed by atoms with E-state index in [2.05, 4.69) is 20.4 Å². The number of carbonyl (C=O) groups excluding carboxylic acids is 2. The Hall–Kier alpha value is -2.95. The van der Waals surface area contributed by atoms with Crippen LogP contribution < -0.4 is 15.5 Å². The Bertz CT molecular complexity index is 1170. The quantitative estimate of drug-likeness (QED) is 0.546. The summed E-state index contributed by atoms with van der Waals surface area (Å²) in [6.07, 6.45) is 2.74. The molecule has 2 aromatic rings. The third kappa shape index (κ3) is 6.59. The van der Waals surface area contributed by atoms with Crippen molar-refractivity contribution in [2.45, 2.75) is 17.7 Å². The lowest BCUT2D eigenvalue weighted by molar-refractivity contribution is -0.115. The number of carbonyl (C=O) groups is 2. The molecule has 4 rings (SSSR count). The average Bonchev–Trinajstić information content (AvgIpc) is 3.67. The molecule has 0 atom stereocenters. The van der Waals surface area contributed by atoms with Gasteiger partial charge in [0.15, 0.2) is 0 Å². The van der Waals surface area contributed by atoms with E-state index < -0.39 is 15.9 Å². The van der Waals surface area contributed by atoms with Crippen LogP contribution in [0, 0.1) is 5.92 Å². The molecule has 1 aliphatic carbocycles. The topological polar surface area (TPSA) is 102 Å². The van der Waals surface area contributed by atoms with Crippen molar-refractivity contribution < 1.29 is 18.0 Å². The molecule has 2 aromatic carbocycles. The van der Waals surface area contributed by atoms with Crippen molar-refractivity contribution in [3.63, 3.8) is 0 Å². The highest BCUT2D eigenvalue weighted by molar-refractivity contribution is 7.89. The van der Waals surface area contributed by atoms with Crippen molar-refractivity contribution in [3.8, 4) is 0 Å². The first-order chi connectivity index (χ1) is 16.7. The number of benzene rings is 2. The maximum absolute atomic E-state index is 12.5. The molecule has 1 heterocycles. The van der Waals surface area contributed by atoms with Crippen LogP contribution in [0.5, 0.6) is 0 Å². The lowest BCUT2D eigenvalue weighted by Crippen LogP contribution is -2.47. The lowest BCUT2D eigenvalue weighted by atomic mass is 10.2. The maximum Gasteiger partial charge on any atom is 0.251 e. The van der Waals surface area contributed by atoms with E-state index in [0.717, 1.165) is 42.1 Å². The predicted molar refractivity (Wildman–Crippen MR) is 136 cm³/mol. The van der Waals surface area contributed by atoms with Crippen LogP contribution in [-0.4, -0.2) is 82.8 Å². The lowest BCUT2D eigenvalue weighted by Gasteiger charge is -2.36. The van der Waals surface area contributed by atoms with Crippen molar-refractivity contribution >= 4 is 33.2 Å². The van der Waals surface area contributed by atoms with Gasteiger partial charge in [-0.15, -0.1) is 0 Å². The molecule has 0 radical (unpaired) electrons. The van der Waals surface area contributed by atoms with Gasteiger partial charge in [0.1, 0.15) is 0 Å². The molecule has 2 aliphatic rings. The summed E-state index contributed by atoms with van der Waals surface area (Å²) in [6.45, 7) is 5.01. The third-order valence-electron chi connectivity index (χ3n) is 6.36. The number of nitrogens with one attached hydrogen (secondary N) is 2. The highest BCUT2D eigenvalue weighted by Crippen LogP contribution is 2.30. The number of sulfonamides is 1. The highest BCUT2D eigenvalue weighted by Gasteiger charge is 2.26. The highest BCUT2D eigenvalue weighted by atomic mass is 32.2. The summed E-state index contributed by atoms with van der Waals surface area (Å²) in [5, 5.41) is 5.38. The van der Waals surface area contributed by atoms with E-state index in [9.17, 15) is 18.0 Å². The predicted octanol–water partition coefficient (Wildman–Crippen LogP) is 1.84. The van der Waals surface area contributed by atoms with Crippen LogP contribution >= 0.6 is 0 Å².